The van der Waals surface area contributed by atoms with Gasteiger partial charge in [-0.2, -0.15) is 13.2 Å². The molecule has 0 radical (unpaired) electrons. The summed E-state index contributed by atoms with van der Waals surface area (Å²) in [6, 6.07) is 5.09. The number of carbonyl (C=O) groups is 2. The molecule has 0 bridgehead atoms. The Bertz CT molecular complexity index is 776. The molecule has 1 N–H and O–H groups in total. The number of likely N-dealkylation sites (tertiary alicyclic amines) is 2. The predicted molar refractivity (Wildman–Crippen MR) is 109 cm³/mol. The van der Waals surface area contributed by atoms with E-state index < -0.39 is 12.1 Å². The molecule has 2 atom stereocenters. The highest BCUT2D eigenvalue weighted by Gasteiger charge is 2.43. The van der Waals surface area contributed by atoms with Crippen molar-refractivity contribution in [3.05, 3.63) is 23.7 Å². The Morgan fingerprint density at radius 2 is 1.78 bits per heavy atom. The van der Waals surface area contributed by atoms with Gasteiger partial charge in [0.1, 0.15) is 11.5 Å². The van der Waals surface area contributed by atoms with Crippen molar-refractivity contribution in [1.82, 2.24) is 9.80 Å². The van der Waals surface area contributed by atoms with Crippen LogP contribution in [0.1, 0.15) is 50.5 Å². The van der Waals surface area contributed by atoms with Crippen LogP contribution in [0.2, 0.25) is 0 Å². The summed E-state index contributed by atoms with van der Waals surface area (Å²) in [5.41, 5.74) is 0. The van der Waals surface area contributed by atoms with E-state index in [9.17, 15) is 18.0 Å². The Labute approximate surface area is 185 Å². The lowest BCUT2D eigenvalue weighted by molar-refractivity contribution is -0.192. The number of halogens is 3. The van der Waals surface area contributed by atoms with E-state index in [1.165, 1.54) is 0 Å². The molecule has 10 heteroatoms. The van der Waals surface area contributed by atoms with E-state index in [2.05, 4.69) is 28.9 Å². The Balaban J connectivity index is 0.000000360. The van der Waals surface area contributed by atoms with E-state index in [-0.39, 0.29) is 0 Å². The van der Waals surface area contributed by atoms with Crippen LogP contribution < -0.4 is 0 Å². The van der Waals surface area contributed by atoms with Crippen molar-refractivity contribution < 1.29 is 37.0 Å². The number of carboxylic acid groups (broad SMARTS) is 1. The molecule has 32 heavy (non-hydrogen) atoms. The Kier molecular flexibility index (Phi) is 8.21. The first-order valence-corrected chi connectivity index (χ1v) is 11.2. The maximum atomic E-state index is 12.6. The number of carbonyl (C=O) groups excluding carboxylic acids is 1. The molecule has 0 unspecified atom stereocenters. The quantitative estimate of drug-likeness (QED) is 0.725. The van der Waals surface area contributed by atoms with E-state index in [4.69, 9.17) is 19.1 Å². The topological polar surface area (TPSA) is 83.2 Å². The number of fused-ring (bicyclic) bond motifs is 1. The molecule has 180 valence electrons. The second-order valence-corrected chi connectivity index (χ2v) is 8.56. The van der Waals surface area contributed by atoms with Gasteiger partial charge < -0.3 is 19.2 Å². The van der Waals surface area contributed by atoms with Crippen LogP contribution in [-0.4, -0.2) is 71.3 Å². The molecule has 0 aliphatic carbocycles. The maximum absolute atomic E-state index is 12.6. The summed E-state index contributed by atoms with van der Waals surface area (Å²) in [7, 11) is 0. The van der Waals surface area contributed by atoms with Gasteiger partial charge in [0.05, 0.1) is 6.54 Å². The minimum absolute atomic E-state index is 0.362. The summed E-state index contributed by atoms with van der Waals surface area (Å²) in [6.45, 7) is 6.69. The first kappa shape index (κ1) is 24.6. The number of hydrogen-bond acceptors (Lipinski definition) is 5. The van der Waals surface area contributed by atoms with Gasteiger partial charge in [-0.3, -0.25) is 9.69 Å². The highest BCUT2D eigenvalue weighted by molar-refractivity contribution is 5.77. The Hall–Kier alpha value is -2.07. The molecule has 0 saturated carbocycles. The average Bonchev–Trinajstić information content (AvgIpc) is 3.38. The monoisotopic (exact) mass is 460 g/mol. The van der Waals surface area contributed by atoms with Crippen molar-refractivity contribution in [3.8, 4) is 0 Å². The number of carboxylic acids is 1. The molecule has 0 aromatic carbocycles. The van der Waals surface area contributed by atoms with Crippen LogP contribution in [0.4, 0.5) is 13.2 Å². The van der Waals surface area contributed by atoms with Gasteiger partial charge >= 0.3 is 12.1 Å². The first-order chi connectivity index (χ1) is 15.2. The van der Waals surface area contributed by atoms with E-state index >= 15 is 0 Å². The van der Waals surface area contributed by atoms with Gasteiger partial charge in [0, 0.05) is 51.2 Å². The Morgan fingerprint density at radius 1 is 1.12 bits per heavy atom. The van der Waals surface area contributed by atoms with Gasteiger partial charge in [-0.25, -0.2) is 4.79 Å². The van der Waals surface area contributed by atoms with Gasteiger partial charge in [0.2, 0.25) is 5.91 Å². The van der Waals surface area contributed by atoms with Crippen molar-refractivity contribution >= 4 is 11.9 Å². The fourth-order valence-corrected chi connectivity index (χ4v) is 4.78. The lowest BCUT2D eigenvalue weighted by Crippen LogP contribution is -2.53. The van der Waals surface area contributed by atoms with Gasteiger partial charge in [-0.1, -0.05) is 6.92 Å². The zero-order valence-electron chi connectivity index (χ0n) is 18.3. The number of rotatable bonds is 5. The molecule has 4 heterocycles. The maximum Gasteiger partial charge on any atom is 0.490 e. The molecule has 1 aromatic rings. The van der Waals surface area contributed by atoms with Crippen molar-refractivity contribution in [2.75, 3.05) is 26.3 Å². The van der Waals surface area contributed by atoms with Crippen LogP contribution in [-0.2, 0) is 27.3 Å². The van der Waals surface area contributed by atoms with Crippen LogP contribution in [0.15, 0.2) is 16.5 Å². The second kappa shape index (κ2) is 10.7. The summed E-state index contributed by atoms with van der Waals surface area (Å²) in [6.07, 6.45) is 0.836. The van der Waals surface area contributed by atoms with Gasteiger partial charge in [-0.05, 0) is 43.7 Å². The number of alkyl halides is 3. The largest absolute Gasteiger partial charge is 0.490 e. The van der Waals surface area contributed by atoms with Crippen molar-refractivity contribution in [2.24, 2.45) is 5.92 Å². The minimum Gasteiger partial charge on any atom is -0.475 e. The van der Waals surface area contributed by atoms with Crippen LogP contribution in [0.3, 0.4) is 0 Å². The van der Waals surface area contributed by atoms with Crippen LogP contribution in [0.25, 0.3) is 0 Å². The standard InChI is InChI=1S/C20H30N2O3.C2HF3O2/c1-2-16-3-4-17(25-16)14-21-10-7-19-18(21)5-6-20(23)22(19)13-15-8-11-24-12-9-15;3-2(4,5)1(6)7/h3-4,15,18-19H,2,5-14H2,1H3;(H,6,7)/t18-,19-;/m0./s1. The van der Waals surface area contributed by atoms with Crippen LogP contribution in [0.5, 0.6) is 0 Å². The number of piperidine rings is 1. The van der Waals surface area contributed by atoms with Crippen LogP contribution in [0, 0.1) is 5.92 Å². The van der Waals surface area contributed by atoms with Crippen molar-refractivity contribution in [2.45, 2.75) is 70.3 Å². The molecule has 3 aliphatic rings. The third-order valence-corrected chi connectivity index (χ3v) is 6.46. The zero-order chi connectivity index (χ0) is 23.3. The number of ether oxygens (including phenoxy) is 1. The highest BCUT2D eigenvalue weighted by atomic mass is 19.4. The van der Waals surface area contributed by atoms with Gasteiger partial charge in [0.25, 0.3) is 0 Å². The summed E-state index contributed by atoms with van der Waals surface area (Å²) in [4.78, 5) is 26.2. The second-order valence-electron chi connectivity index (χ2n) is 8.56. The molecule has 4 rings (SSSR count). The summed E-state index contributed by atoms with van der Waals surface area (Å²) >= 11 is 0. The Morgan fingerprint density at radius 3 is 2.38 bits per heavy atom. The first-order valence-electron chi connectivity index (χ1n) is 11.2. The average molecular weight is 460 g/mol. The molecular weight excluding hydrogens is 429 g/mol. The van der Waals surface area contributed by atoms with Crippen molar-refractivity contribution in [3.63, 3.8) is 0 Å². The minimum atomic E-state index is -5.08. The molecule has 3 fully saturated rings. The molecule has 3 saturated heterocycles. The van der Waals surface area contributed by atoms with E-state index in [0.717, 1.165) is 76.5 Å². The number of hydrogen-bond donors (Lipinski definition) is 1. The number of amides is 1. The fraction of sp³-hybridized carbons (Fsp3) is 0.727. The van der Waals surface area contributed by atoms with Gasteiger partial charge in [0.15, 0.2) is 0 Å². The zero-order valence-corrected chi connectivity index (χ0v) is 18.3. The normalized spacial score (nSPS) is 24.8. The third kappa shape index (κ3) is 6.25. The van der Waals surface area contributed by atoms with E-state index in [0.29, 0.717) is 30.3 Å². The van der Waals surface area contributed by atoms with Gasteiger partial charge in [-0.15, -0.1) is 0 Å². The number of nitrogens with zero attached hydrogens (tertiary/aromatic N) is 2. The molecule has 7 nitrogen and oxygen atoms in total. The summed E-state index contributed by atoms with van der Waals surface area (Å²) in [5.74, 6) is 0.340. The molecule has 1 aromatic heterocycles. The van der Waals surface area contributed by atoms with Crippen molar-refractivity contribution in [1.29, 1.82) is 0 Å². The smallest absolute Gasteiger partial charge is 0.475 e. The van der Waals surface area contributed by atoms with E-state index in [1.54, 1.807) is 0 Å². The third-order valence-electron chi connectivity index (χ3n) is 6.46. The van der Waals surface area contributed by atoms with Crippen LogP contribution >= 0.6 is 0 Å². The fourth-order valence-electron chi connectivity index (χ4n) is 4.78. The van der Waals surface area contributed by atoms with E-state index in [1.807, 2.05) is 0 Å². The number of aliphatic carboxylic acids is 1. The SMILES string of the molecule is CCc1ccc(CN2CC[C@H]3[C@@H]2CCC(=O)N3CC2CCOCC2)o1.O=C(O)C(F)(F)F. The molecule has 3 aliphatic heterocycles. The summed E-state index contributed by atoms with van der Waals surface area (Å²) < 4.78 is 43.1. The molecule has 1 amide bonds. The highest BCUT2D eigenvalue weighted by Crippen LogP contribution is 2.34. The number of aryl methyl sites for hydroxylation is 1. The lowest BCUT2D eigenvalue weighted by atomic mass is 9.92. The lowest BCUT2D eigenvalue weighted by Gasteiger charge is -2.41. The molecular formula is C22H31F3N2O5. The predicted octanol–water partition coefficient (Wildman–Crippen LogP) is 3.47. The molecule has 0 spiro atoms. The summed E-state index contributed by atoms with van der Waals surface area (Å²) in [5, 5.41) is 7.12. The number of furan rings is 1.